The van der Waals surface area contributed by atoms with Crippen LogP contribution in [0.5, 0.6) is 5.75 Å². The van der Waals surface area contributed by atoms with Crippen LogP contribution in [0.2, 0.25) is 0 Å². The molecule has 3 rings (SSSR count). The van der Waals surface area contributed by atoms with E-state index in [2.05, 4.69) is 17.2 Å². The molecule has 25 heavy (non-hydrogen) atoms. The number of benzene rings is 1. The van der Waals surface area contributed by atoms with Gasteiger partial charge >= 0.3 is 6.03 Å². The molecule has 1 aliphatic carbocycles. The van der Waals surface area contributed by atoms with Gasteiger partial charge in [-0.2, -0.15) is 0 Å². The van der Waals surface area contributed by atoms with E-state index in [4.69, 9.17) is 4.74 Å². The van der Waals surface area contributed by atoms with Crippen molar-refractivity contribution in [1.29, 1.82) is 0 Å². The molecule has 1 N–H and O–H groups in total. The summed E-state index contributed by atoms with van der Waals surface area (Å²) >= 11 is 0. The van der Waals surface area contributed by atoms with E-state index < -0.39 is 0 Å². The van der Waals surface area contributed by atoms with Crippen LogP contribution in [0.1, 0.15) is 31.0 Å². The molecule has 0 spiro atoms. The number of hydrogen-bond donors (Lipinski definition) is 1. The number of methoxy groups -OCH3 is 1. The summed E-state index contributed by atoms with van der Waals surface area (Å²) in [5, 5.41) is 3.01. The molecule has 1 unspecified atom stereocenters. The third-order valence-electron chi connectivity index (χ3n) is 4.72. The minimum Gasteiger partial charge on any atom is -0.497 e. The van der Waals surface area contributed by atoms with Gasteiger partial charge in [-0.25, -0.2) is 4.79 Å². The van der Waals surface area contributed by atoms with E-state index >= 15 is 0 Å². The van der Waals surface area contributed by atoms with Gasteiger partial charge in [0.2, 0.25) is 0 Å². The summed E-state index contributed by atoms with van der Waals surface area (Å²) in [5.41, 5.74) is 1.96. The van der Waals surface area contributed by atoms with Gasteiger partial charge in [0.1, 0.15) is 5.75 Å². The molecule has 1 aliphatic rings. The van der Waals surface area contributed by atoms with E-state index in [-0.39, 0.29) is 12.1 Å². The fourth-order valence-electron chi connectivity index (χ4n) is 2.93. The van der Waals surface area contributed by atoms with Crippen LogP contribution in [0.3, 0.4) is 0 Å². The molecule has 1 heterocycles. The maximum absolute atomic E-state index is 12.8. The molecule has 0 saturated heterocycles. The second kappa shape index (κ2) is 8.01. The van der Waals surface area contributed by atoms with Crippen molar-refractivity contribution in [1.82, 2.24) is 15.2 Å². The number of ether oxygens (including phenoxy) is 1. The van der Waals surface area contributed by atoms with E-state index in [1.54, 1.807) is 13.3 Å². The smallest absolute Gasteiger partial charge is 0.318 e. The number of rotatable bonds is 7. The van der Waals surface area contributed by atoms with Gasteiger partial charge in [0.05, 0.1) is 19.3 Å². The van der Waals surface area contributed by atoms with E-state index in [1.807, 2.05) is 47.4 Å². The van der Waals surface area contributed by atoms with Crippen LogP contribution in [0.15, 0.2) is 48.7 Å². The molecule has 5 heteroatoms. The van der Waals surface area contributed by atoms with Gasteiger partial charge in [-0.05, 0) is 55.5 Å². The number of aromatic nitrogens is 1. The summed E-state index contributed by atoms with van der Waals surface area (Å²) in [7, 11) is 1.65. The molecule has 1 fully saturated rings. The number of carbonyl (C=O) groups excluding carboxylic acids is 1. The molecule has 2 amide bonds. The predicted octanol–water partition coefficient (Wildman–Crippen LogP) is 3.60. The number of urea groups is 1. The Morgan fingerprint density at radius 1 is 1.28 bits per heavy atom. The second-order valence-corrected chi connectivity index (χ2v) is 6.53. The van der Waals surface area contributed by atoms with Crippen molar-refractivity contribution in [2.24, 2.45) is 5.92 Å². The highest BCUT2D eigenvalue weighted by Crippen LogP contribution is 2.35. The Morgan fingerprint density at radius 3 is 2.64 bits per heavy atom. The normalized spacial score (nSPS) is 14.6. The number of pyridine rings is 1. The average molecular weight is 339 g/mol. The van der Waals surface area contributed by atoms with Crippen LogP contribution in [0.25, 0.3) is 0 Å². The van der Waals surface area contributed by atoms with Gasteiger partial charge in [-0.3, -0.25) is 4.98 Å². The molecule has 0 bridgehead atoms. The van der Waals surface area contributed by atoms with Gasteiger partial charge in [-0.1, -0.05) is 18.2 Å². The molecule has 1 atom stereocenters. The first kappa shape index (κ1) is 17.3. The monoisotopic (exact) mass is 339 g/mol. The van der Waals surface area contributed by atoms with Crippen LogP contribution in [-0.2, 0) is 13.1 Å². The lowest BCUT2D eigenvalue weighted by atomic mass is 10.1. The van der Waals surface area contributed by atoms with Crippen molar-refractivity contribution in [3.8, 4) is 5.75 Å². The lowest BCUT2D eigenvalue weighted by molar-refractivity contribution is 0.167. The molecule has 1 aromatic heterocycles. The van der Waals surface area contributed by atoms with Gasteiger partial charge in [0.15, 0.2) is 0 Å². The standard InChI is InChI=1S/C20H25N3O2/c1-15(17-8-9-17)23(14-16-6-10-19(25-2)11-7-16)20(24)22-13-18-5-3-4-12-21-18/h3-7,10-12,15,17H,8-9,13-14H2,1-2H3,(H,22,24). The Bertz CT molecular complexity index is 684. The van der Waals surface area contributed by atoms with Gasteiger partial charge < -0.3 is 15.0 Å². The van der Waals surface area contributed by atoms with Crippen LogP contribution in [-0.4, -0.2) is 29.1 Å². The second-order valence-electron chi connectivity index (χ2n) is 6.53. The van der Waals surface area contributed by atoms with Crippen molar-refractivity contribution >= 4 is 6.03 Å². The SMILES string of the molecule is COc1ccc(CN(C(=O)NCc2ccccn2)C(C)C2CC2)cc1. The van der Waals surface area contributed by atoms with Crippen molar-refractivity contribution < 1.29 is 9.53 Å². The quantitative estimate of drug-likeness (QED) is 0.838. The van der Waals surface area contributed by atoms with Gasteiger partial charge in [-0.15, -0.1) is 0 Å². The maximum atomic E-state index is 12.8. The van der Waals surface area contributed by atoms with E-state index in [9.17, 15) is 4.79 Å². The van der Waals surface area contributed by atoms with Crippen molar-refractivity contribution in [3.63, 3.8) is 0 Å². The first-order chi connectivity index (χ1) is 12.2. The highest BCUT2D eigenvalue weighted by molar-refractivity contribution is 5.74. The van der Waals surface area contributed by atoms with Crippen molar-refractivity contribution in [2.75, 3.05) is 7.11 Å². The summed E-state index contributed by atoms with van der Waals surface area (Å²) in [4.78, 5) is 19.0. The molecule has 1 aromatic carbocycles. The van der Waals surface area contributed by atoms with E-state index in [0.717, 1.165) is 17.0 Å². The molecular formula is C20H25N3O2. The summed E-state index contributed by atoms with van der Waals surface area (Å²) in [6.07, 6.45) is 4.14. The number of amides is 2. The zero-order valence-electron chi connectivity index (χ0n) is 14.8. The minimum absolute atomic E-state index is 0.0409. The number of hydrogen-bond acceptors (Lipinski definition) is 3. The first-order valence-corrected chi connectivity index (χ1v) is 8.74. The topological polar surface area (TPSA) is 54.5 Å². The lowest BCUT2D eigenvalue weighted by Crippen LogP contribution is -2.45. The maximum Gasteiger partial charge on any atom is 0.318 e. The van der Waals surface area contributed by atoms with E-state index in [1.165, 1.54) is 12.8 Å². The summed E-state index contributed by atoms with van der Waals surface area (Å²) < 4.78 is 5.21. The summed E-state index contributed by atoms with van der Waals surface area (Å²) in [5.74, 6) is 1.43. The van der Waals surface area contributed by atoms with Crippen LogP contribution >= 0.6 is 0 Å². The fraction of sp³-hybridized carbons (Fsp3) is 0.400. The largest absolute Gasteiger partial charge is 0.497 e. The lowest BCUT2D eigenvalue weighted by Gasteiger charge is -2.29. The number of nitrogens with one attached hydrogen (secondary N) is 1. The summed E-state index contributed by atoms with van der Waals surface area (Å²) in [6.45, 7) is 3.17. The zero-order valence-corrected chi connectivity index (χ0v) is 14.8. The molecule has 2 aromatic rings. The van der Waals surface area contributed by atoms with Crippen molar-refractivity contribution in [3.05, 3.63) is 59.9 Å². The van der Waals surface area contributed by atoms with Crippen LogP contribution in [0, 0.1) is 5.92 Å². The van der Waals surface area contributed by atoms with E-state index in [0.29, 0.717) is 19.0 Å². The Balaban J connectivity index is 1.66. The Morgan fingerprint density at radius 2 is 2.04 bits per heavy atom. The fourth-order valence-corrected chi connectivity index (χ4v) is 2.93. The number of carbonyl (C=O) groups is 1. The molecule has 0 aliphatic heterocycles. The molecule has 132 valence electrons. The Kier molecular flexibility index (Phi) is 5.53. The van der Waals surface area contributed by atoms with Gasteiger partial charge in [0.25, 0.3) is 0 Å². The van der Waals surface area contributed by atoms with Crippen LogP contribution < -0.4 is 10.1 Å². The third-order valence-corrected chi connectivity index (χ3v) is 4.72. The zero-order chi connectivity index (χ0) is 17.6. The third kappa shape index (κ3) is 4.72. The highest BCUT2D eigenvalue weighted by Gasteiger charge is 2.34. The van der Waals surface area contributed by atoms with Crippen molar-refractivity contribution in [2.45, 2.75) is 38.9 Å². The molecule has 5 nitrogen and oxygen atoms in total. The summed E-state index contributed by atoms with van der Waals surface area (Å²) in [6, 6.07) is 13.8. The molecule has 1 saturated carbocycles. The average Bonchev–Trinajstić information content (AvgIpc) is 3.50. The molecule has 0 radical (unpaired) electrons. The highest BCUT2D eigenvalue weighted by atomic mass is 16.5. The Hall–Kier alpha value is -2.56. The molecular weight excluding hydrogens is 314 g/mol. The number of nitrogens with zero attached hydrogens (tertiary/aromatic N) is 2. The minimum atomic E-state index is -0.0409. The van der Waals surface area contributed by atoms with Gasteiger partial charge in [0, 0.05) is 18.8 Å². The predicted molar refractivity (Wildman–Crippen MR) is 97.2 cm³/mol. The van der Waals surface area contributed by atoms with Crippen LogP contribution in [0.4, 0.5) is 4.79 Å². The first-order valence-electron chi connectivity index (χ1n) is 8.74. The Labute approximate surface area is 149 Å².